The van der Waals surface area contributed by atoms with Crippen molar-refractivity contribution in [1.29, 1.82) is 0 Å². The number of nitrogens with one attached hydrogen (secondary N) is 1. The summed E-state index contributed by atoms with van der Waals surface area (Å²) in [5, 5.41) is 12.7. The molecule has 0 radical (unpaired) electrons. The van der Waals surface area contributed by atoms with E-state index in [1.54, 1.807) is 0 Å². The second kappa shape index (κ2) is 5.93. The fraction of sp³-hybridized carbons (Fsp3) is 0.429. The summed E-state index contributed by atoms with van der Waals surface area (Å²) in [6, 6.07) is 3.47. The average molecular weight is 297 g/mol. The Morgan fingerprint density at radius 3 is 2.60 bits per heavy atom. The van der Waals surface area contributed by atoms with E-state index in [-0.39, 0.29) is 5.54 Å². The van der Waals surface area contributed by atoms with Gasteiger partial charge in [-0.25, -0.2) is 8.78 Å². The molecule has 0 aliphatic rings. The number of rotatable bonds is 4. The molecule has 1 aromatic heterocycles. The molecule has 1 heterocycles. The normalized spacial score (nSPS) is 11.8. The van der Waals surface area contributed by atoms with Gasteiger partial charge in [0.1, 0.15) is 16.6 Å². The maximum absolute atomic E-state index is 13.6. The Hall–Kier alpha value is -1.40. The molecule has 0 bridgehead atoms. The van der Waals surface area contributed by atoms with Crippen LogP contribution in [0.15, 0.2) is 18.2 Å². The van der Waals surface area contributed by atoms with Crippen LogP contribution >= 0.6 is 11.3 Å². The van der Waals surface area contributed by atoms with Crippen LogP contribution in [-0.2, 0) is 6.42 Å². The van der Waals surface area contributed by atoms with E-state index >= 15 is 0 Å². The summed E-state index contributed by atoms with van der Waals surface area (Å²) in [6.07, 6.45) is 0.734. The van der Waals surface area contributed by atoms with Gasteiger partial charge >= 0.3 is 0 Å². The van der Waals surface area contributed by atoms with E-state index in [4.69, 9.17) is 0 Å². The molecule has 1 N–H and O–H groups in total. The first-order valence-electron chi connectivity index (χ1n) is 6.38. The first-order valence-corrected chi connectivity index (χ1v) is 7.20. The summed E-state index contributed by atoms with van der Waals surface area (Å²) < 4.78 is 26.5. The zero-order chi connectivity index (χ0) is 14.8. The third kappa shape index (κ3) is 4.05. The summed E-state index contributed by atoms with van der Waals surface area (Å²) in [4.78, 5) is 0. The number of hydrogen-bond acceptors (Lipinski definition) is 4. The lowest BCUT2D eigenvalue weighted by Crippen LogP contribution is -2.37. The summed E-state index contributed by atoms with van der Waals surface area (Å²) >= 11 is 1.33. The van der Waals surface area contributed by atoms with Gasteiger partial charge in [-0.05, 0) is 32.9 Å². The minimum Gasteiger partial charge on any atom is -0.312 e. The predicted molar refractivity (Wildman–Crippen MR) is 76.7 cm³/mol. The van der Waals surface area contributed by atoms with E-state index in [1.165, 1.54) is 23.5 Å². The zero-order valence-electron chi connectivity index (χ0n) is 11.7. The Labute approximate surface area is 121 Å². The van der Waals surface area contributed by atoms with E-state index in [0.29, 0.717) is 10.6 Å². The van der Waals surface area contributed by atoms with Crippen LogP contribution in [0.4, 0.5) is 8.78 Å². The minimum absolute atomic E-state index is 0.0522. The van der Waals surface area contributed by atoms with E-state index in [1.807, 2.05) is 0 Å². The molecular weight excluding hydrogens is 280 g/mol. The number of nitrogens with zero attached hydrogens (tertiary/aromatic N) is 2. The molecular formula is C14H17F2N3S. The van der Waals surface area contributed by atoms with Crippen LogP contribution in [0.2, 0.25) is 0 Å². The Morgan fingerprint density at radius 2 is 1.95 bits per heavy atom. The third-order valence-electron chi connectivity index (χ3n) is 2.62. The highest BCUT2D eigenvalue weighted by Gasteiger charge is 2.13. The molecule has 1 aromatic carbocycles. The largest absolute Gasteiger partial charge is 0.312 e. The van der Waals surface area contributed by atoms with Crippen molar-refractivity contribution in [3.05, 3.63) is 34.8 Å². The highest BCUT2D eigenvalue weighted by atomic mass is 32.1. The number of halogens is 2. The molecule has 0 amide bonds. The molecule has 0 aliphatic carbocycles. The number of hydrogen-bond donors (Lipinski definition) is 1. The molecule has 108 valence electrons. The van der Waals surface area contributed by atoms with Gasteiger partial charge in [-0.3, -0.25) is 0 Å². The fourth-order valence-corrected chi connectivity index (χ4v) is 2.54. The fourth-order valence-electron chi connectivity index (χ4n) is 1.67. The van der Waals surface area contributed by atoms with Crippen molar-refractivity contribution < 1.29 is 8.78 Å². The quantitative estimate of drug-likeness (QED) is 0.939. The topological polar surface area (TPSA) is 37.8 Å². The molecule has 0 fully saturated rings. The van der Waals surface area contributed by atoms with Crippen molar-refractivity contribution in [1.82, 2.24) is 15.5 Å². The minimum atomic E-state index is -0.611. The second-order valence-electron chi connectivity index (χ2n) is 5.55. The van der Waals surface area contributed by atoms with Crippen molar-refractivity contribution in [3.63, 3.8) is 0 Å². The Morgan fingerprint density at radius 1 is 1.20 bits per heavy atom. The molecule has 3 nitrogen and oxygen atoms in total. The van der Waals surface area contributed by atoms with Crippen LogP contribution in [0, 0.1) is 11.6 Å². The highest BCUT2D eigenvalue weighted by Crippen LogP contribution is 2.26. The smallest absolute Gasteiger partial charge is 0.150 e. The van der Waals surface area contributed by atoms with Gasteiger partial charge in [0.15, 0.2) is 5.01 Å². The molecule has 0 saturated carbocycles. The third-order valence-corrected chi connectivity index (χ3v) is 3.64. The van der Waals surface area contributed by atoms with Gasteiger partial charge < -0.3 is 5.32 Å². The molecule has 0 aliphatic heterocycles. The maximum Gasteiger partial charge on any atom is 0.150 e. The molecule has 2 rings (SSSR count). The SMILES string of the molecule is CC(C)(C)NCCc1nnc(-c2ccc(F)cc2F)s1. The predicted octanol–water partition coefficient (Wildman–Crippen LogP) is 3.41. The first kappa shape index (κ1) is 15.0. The summed E-state index contributed by atoms with van der Waals surface area (Å²) in [5.74, 6) is -1.20. The summed E-state index contributed by atoms with van der Waals surface area (Å²) in [5.41, 5.74) is 0.343. The van der Waals surface area contributed by atoms with Gasteiger partial charge in [-0.1, -0.05) is 11.3 Å². The molecule has 20 heavy (non-hydrogen) atoms. The standard InChI is InChI=1S/C14H17F2N3S/c1-14(2,3)17-7-6-12-18-19-13(20-12)10-5-4-9(15)8-11(10)16/h4-5,8,17H,6-7H2,1-3H3. The molecule has 2 aromatic rings. The van der Waals surface area contributed by atoms with E-state index in [2.05, 4.69) is 36.3 Å². The zero-order valence-corrected chi connectivity index (χ0v) is 12.5. The molecule has 6 heteroatoms. The number of benzene rings is 1. The van der Waals surface area contributed by atoms with Crippen molar-refractivity contribution >= 4 is 11.3 Å². The summed E-state index contributed by atoms with van der Waals surface area (Å²) in [7, 11) is 0. The Kier molecular flexibility index (Phi) is 4.45. The lowest BCUT2D eigenvalue weighted by molar-refractivity contribution is 0.429. The van der Waals surface area contributed by atoms with Crippen LogP contribution in [0.5, 0.6) is 0 Å². The lowest BCUT2D eigenvalue weighted by Gasteiger charge is -2.19. The Balaban J connectivity index is 2.05. The molecule has 0 spiro atoms. The summed E-state index contributed by atoms with van der Waals surface area (Å²) in [6.45, 7) is 7.05. The highest BCUT2D eigenvalue weighted by molar-refractivity contribution is 7.14. The van der Waals surface area contributed by atoms with E-state index in [0.717, 1.165) is 24.0 Å². The molecule has 0 unspecified atom stereocenters. The number of aromatic nitrogens is 2. The lowest BCUT2D eigenvalue weighted by atomic mass is 10.1. The average Bonchev–Trinajstić information content (AvgIpc) is 2.75. The first-order chi connectivity index (χ1) is 9.35. The second-order valence-corrected chi connectivity index (χ2v) is 6.61. The van der Waals surface area contributed by atoms with Gasteiger partial charge in [0, 0.05) is 30.1 Å². The van der Waals surface area contributed by atoms with Crippen molar-refractivity contribution in [2.45, 2.75) is 32.7 Å². The van der Waals surface area contributed by atoms with Crippen molar-refractivity contribution in [3.8, 4) is 10.6 Å². The van der Waals surface area contributed by atoms with Gasteiger partial charge in [0.2, 0.25) is 0 Å². The monoisotopic (exact) mass is 297 g/mol. The van der Waals surface area contributed by atoms with Gasteiger partial charge in [0.05, 0.1) is 0 Å². The van der Waals surface area contributed by atoms with Crippen LogP contribution < -0.4 is 5.32 Å². The van der Waals surface area contributed by atoms with E-state index < -0.39 is 11.6 Å². The van der Waals surface area contributed by atoms with Gasteiger partial charge in [-0.2, -0.15) is 0 Å². The van der Waals surface area contributed by atoms with Crippen molar-refractivity contribution in [2.24, 2.45) is 0 Å². The van der Waals surface area contributed by atoms with Crippen molar-refractivity contribution in [2.75, 3.05) is 6.54 Å². The molecule has 0 saturated heterocycles. The maximum atomic E-state index is 13.6. The molecule has 0 atom stereocenters. The van der Waals surface area contributed by atoms with Gasteiger partial charge in [-0.15, -0.1) is 10.2 Å². The van der Waals surface area contributed by atoms with Crippen LogP contribution in [0.1, 0.15) is 25.8 Å². The van der Waals surface area contributed by atoms with Crippen LogP contribution in [0.25, 0.3) is 10.6 Å². The Bertz CT molecular complexity index is 590. The van der Waals surface area contributed by atoms with Crippen LogP contribution in [0.3, 0.4) is 0 Å². The van der Waals surface area contributed by atoms with E-state index in [9.17, 15) is 8.78 Å². The van der Waals surface area contributed by atoms with Gasteiger partial charge in [0.25, 0.3) is 0 Å². The van der Waals surface area contributed by atoms with Crippen LogP contribution in [-0.4, -0.2) is 22.3 Å².